The van der Waals surface area contributed by atoms with Crippen molar-refractivity contribution in [2.75, 3.05) is 7.11 Å². The number of aliphatic imine (C=N–C) groups is 1. The SMILES string of the molecule is COc1cccc(C=NCc2cc([N+](=O)[O-])ccc2[O-])c1O. The summed E-state index contributed by atoms with van der Waals surface area (Å²) in [5.74, 6) is -0.0726. The molecular formula is C15H13N2O5-. The van der Waals surface area contributed by atoms with Crippen LogP contribution in [0.25, 0.3) is 0 Å². The second-order valence-corrected chi connectivity index (χ2v) is 4.42. The lowest BCUT2D eigenvalue weighted by molar-refractivity contribution is -0.385. The number of methoxy groups -OCH3 is 1. The zero-order valence-electron chi connectivity index (χ0n) is 11.7. The van der Waals surface area contributed by atoms with Gasteiger partial charge in [0.1, 0.15) is 0 Å². The third-order valence-corrected chi connectivity index (χ3v) is 3.00. The summed E-state index contributed by atoms with van der Waals surface area (Å²) in [4.78, 5) is 14.2. The molecule has 0 fully saturated rings. The lowest BCUT2D eigenvalue weighted by Gasteiger charge is -2.10. The van der Waals surface area contributed by atoms with E-state index >= 15 is 0 Å². The Morgan fingerprint density at radius 3 is 2.82 bits per heavy atom. The number of non-ortho nitro benzene ring substituents is 1. The van der Waals surface area contributed by atoms with Crippen molar-refractivity contribution in [1.82, 2.24) is 0 Å². The van der Waals surface area contributed by atoms with Gasteiger partial charge in [0.15, 0.2) is 11.5 Å². The maximum atomic E-state index is 11.6. The Balaban J connectivity index is 2.19. The van der Waals surface area contributed by atoms with E-state index in [1.165, 1.54) is 19.4 Å². The summed E-state index contributed by atoms with van der Waals surface area (Å²) in [6.45, 7) is -0.0167. The van der Waals surface area contributed by atoms with Crippen molar-refractivity contribution in [2.24, 2.45) is 4.99 Å². The van der Waals surface area contributed by atoms with E-state index in [1.807, 2.05) is 0 Å². The molecule has 0 amide bonds. The number of hydrogen-bond acceptors (Lipinski definition) is 6. The molecular weight excluding hydrogens is 288 g/mol. The predicted octanol–water partition coefficient (Wildman–Crippen LogP) is 2.00. The second kappa shape index (κ2) is 6.57. The van der Waals surface area contributed by atoms with E-state index in [4.69, 9.17) is 4.74 Å². The lowest BCUT2D eigenvalue weighted by Crippen LogP contribution is -1.98. The van der Waals surface area contributed by atoms with Crippen molar-refractivity contribution in [3.63, 3.8) is 0 Å². The fourth-order valence-electron chi connectivity index (χ4n) is 1.85. The maximum absolute atomic E-state index is 11.6. The Morgan fingerprint density at radius 1 is 1.36 bits per heavy atom. The Hall–Kier alpha value is -3.09. The Bertz CT molecular complexity index is 728. The van der Waals surface area contributed by atoms with Gasteiger partial charge >= 0.3 is 0 Å². The van der Waals surface area contributed by atoms with Crippen LogP contribution in [0.2, 0.25) is 0 Å². The van der Waals surface area contributed by atoms with Crippen LogP contribution in [0.3, 0.4) is 0 Å². The molecule has 0 atom stereocenters. The van der Waals surface area contributed by atoms with Gasteiger partial charge in [0.05, 0.1) is 18.6 Å². The molecule has 114 valence electrons. The summed E-state index contributed by atoms with van der Waals surface area (Å²) in [6.07, 6.45) is 1.39. The zero-order chi connectivity index (χ0) is 16.1. The molecule has 7 nitrogen and oxygen atoms in total. The molecule has 0 aliphatic carbocycles. The number of ether oxygens (including phenoxy) is 1. The number of benzene rings is 2. The van der Waals surface area contributed by atoms with Gasteiger partial charge in [-0.2, -0.15) is 0 Å². The van der Waals surface area contributed by atoms with Crippen LogP contribution >= 0.6 is 0 Å². The fraction of sp³-hybridized carbons (Fsp3) is 0.133. The van der Waals surface area contributed by atoms with E-state index in [0.717, 1.165) is 12.1 Å². The number of nitro benzene ring substituents is 1. The minimum Gasteiger partial charge on any atom is -0.872 e. The standard InChI is InChI=1S/C15H14N2O5/c1-22-14-4-2-3-10(15(14)19)8-16-9-11-7-12(17(20)21)5-6-13(11)18/h2-8,18-19H,9H2,1H3/p-1. The van der Waals surface area contributed by atoms with Gasteiger partial charge in [-0.15, -0.1) is 5.75 Å². The molecule has 0 unspecified atom stereocenters. The molecule has 0 aliphatic heterocycles. The number of phenols is 1. The molecule has 0 saturated heterocycles. The number of phenolic OH excluding ortho intramolecular Hbond substituents is 1. The van der Waals surface area contributed by atoms with Crippen LogP contribution in [0.4, 0.5) is 5.69 Å². The number of nitro groups is 1. The fourth-order valence-corrected chi connectivity index (χ4v) is 1.85. The van der Waals surface area contributed by atoms with Crippen molar-refractivity contribution in [2.45, 2.75) is 6.54 Å². The van der Waals surface area contributed by atoms with Gasteiger partial charge in [-0.05, 0) is 17.7 Å². The van der Waals surface area contributed by atoms with Crippen LogP contribution in [-0.2, 0) is 6.54 Å². The molecule has 0 aromatic heterocycles. The average Bonchev–Trinajstić information content (AvgIpc) is 2.50. The van der Waals surface area contributed by atoms with Crippen molar-refractivity contribution in [1.29, 1.82) is 0 Å². The summed E-state index contributed by atoms with van der Waals surface area (Å²) in [5, 5.41) is 32.2. The summed E-state index contributed by atoms with van der Waals surface area (Å²) in [5.41, 5.74) is 0.485. The molecule has 0 radical (unpaired) electrons. The highest BCUT2D eigenvalue weighted by Gasteiger charge is 2.07. The van der Waals surface area contributed by atoms with E-state index in [0.29, 0.717) is 11.3 Å². The van der Waals surface area contributed by atoms with Gasteiger partial charge in [-0.1, -0.05) is 12.1 Å². The molecule has 0 bridgehead atoms. The zero-order valence-corrected chi connectivity index (χ0v) is 11.7. The summed E-state index contributed by atoms with van der Waals surface area (Å²) in [7, 11) is 1.43. The molecule has 2 aromatic carbocycles. The molecule has 0 aliphatic rings. The van der Waals surface area contributed by atoms with E-state index in [-0.39, 0.29) is 29.3 Å². The maximum Gasteiger partial charge on any atom is 0.269 e. The monoisotopic (exact) mass is 301 g/mol. The Labute approximate surface area is 126 Å². The average molecular weight is 301 g/mol. The third-order valence-electron chi connectivity index (χ3n) is 3.00. The molecule has 2 rings (SSSR count). The quantitative estimate of drug-likeness (QED) is 0.516. The predicted molar refractivity (Wildman–Crippen MR) is 78.5 cm³/mol. The van der Waals surface area contributed by atoms with Gasteiger partial charge in [-0.3, -0.25) is 15.1 Å². The van der Waals surface area contributed by atoms with Crippen molar-refractivity contribution in [3.8, 4) is 17.2 Å². The molecule has 0 heterocycles. The first-order valence-corrected chi connectivity index (χ1v) is 6.33. The first-order chi connectivity index (χ1) is 10.5. The highest BCUT2D eigenvalue weighted by atomic mass is 16.6. The molecule has 22 heavy (non-hydrogen) atoms. The van der Waals surface area contributed by atoms with Gasteiger partial charge in [0.2, 0.25) is 0 Å². The van der Waals surface area contributed by atoms with Crippen molar-refractivity contribution >= 4 is 11.9 Å². The van der Waals surface area contributed by atoms with Crippen LogP contribution in [0, 0.1) is 10.1 Å². The van der Waals surface area contributed by atoms with Crippen LogP contribution in [0.5, 0.6) is 17.2 Å². The number of aromatic hydroxyl groups is 1. The number of hydrogen-bond donors (Lipinski definition) is 1. The molecule has 1 N–H and O–H groups in total. The van der Waals surface area contributed by atoms with Gasteiger partial charge < -0.3 is 14.9 Å². The van der Waals surface area contributed by atoms with Crippen molar-refractivity contribution in [3.05, 3.63) is 57.6 Å². The number of rotatable bonds is 5. The van der Waals surface area contributed by atoms with E-state index in [1.54, 1.807) is 18.2 Å². The van der Waals surface area contributed by atoms with Crippen LogP contribution < -0.4 is 9.84 Å². The Morgan fingerprint density at radius 2 is 2.14 bits per heavy atom. The smallest absolute Gasteiger partial charge is 0.269 e. The third kappa shape index (κ3) is 3.32. The number of nitrogens with zero attached hydrogens (tertiary/aromatic N) is 2. The summed E-state index contributed by atoms with van der Waals surface area (Å²) >= 11 is 0. The van der Waals surface area contributed by atoms with E-state index in [2.05, 4.69) is 4.99 Å². The highest BCUT2D eigenvalue weighted by molar-refractivity contribution is 5.84. The highest BCUT2D eigenvalue weighted by Crippen LogP contribution is 2.28. The first-order valence-electron chi connectivity index (χ1n) is 6.33. The molecule has 0 saturated carbocycles. The molecule has 0 spiro atoms. The van der Waals surface area contributed by atoms with Gasteiger partial charge in [0.25, 0.3) is 5.69 Å². The van der Waals surface area contributed by atoms with E-state index < -0.39 is 4.92 Å². The first kappa shape index (κ1) is 15.3. The van der Waals surface area contributed by atoms with E-state index in [9.17, 15) is 20.3 Å². The normalized spacial score (nSPS) is 10.8. The number of para-hydroxylation sites is 1. The largest absolute Gasteiger partial charge is 0.872 e. The van der Waals surface area contributed by atoms with Crippen molar-refractivity contribution < 1.29 is 19.9 Å². The summed E-state index contributed by atoms with van der Waals surface area (Å²) in [6, 6.07) is 8.42. The van der Waals surface area contributed by atoms with Gasteiger partial charge in [0, 0.05) is 23.9 Å². The lowest BCUT2D eigenvalue weighted by atomic mass is 10.1. The van der Waals surface area contributed by atoms with Crippen LogP contribution in [0.15, 0.2) is 41.4 Å². The summed E-state index contributed by atoms with van der Waals surface area (Å²) < 4.78 is 4.97. The minimum absolute atomic E-state index is 0.0167. The van der Waals surface area contributed by atoms with Crippen LogP contribution in [-0.4, -0.2) is 23.4 Å². The molecule has 2 aromatic rings. The minimum atomic E-state index is -0.569. The second-order valence-electron chi connectivity index (χ2n) is 4.42. The van der Waals surface area contributed by atoms with Gasteiger partial charge in [-0.25, -0.2) is 0 Å². The molecule has 7 heteroatoms. The topological polar surface area (TPSA) is 108 Å². The van der Waals surface area contributed by atoms with Crippen LogP contribution in [0.1, 0.15) is 11.1 Å². The Kier molecular flexibility index (Phi) is 4.57.